The molecule has 3 nitrogen and oxygen atoms in total. The van der Waals surface area contributed by atoms with Gasteiger partial charge in [0.2, 0.25) is 0 Å². The molecular formula is C15H22O3Si. The first-order valence-electron chi connectivity index (χ1n) is 7.48. The minimum Gasteiger partial charge on any atom is -0.347 e. The topological polar surface area (TPSA) is 35.5 Å². The third-order valence-corrected chi connectivity index (χ3v) is 7.63. The van der Waals surface area contributed by atoms with Crippen molar-refractivity contribution in [3.05, 3.63) is 11.3 Å². The van der Waals surface area contributed by atoms with Crippen LogP contribution in [0, 0.1) is 23.7 Å². The number of fused-ring (bicyclic) bond motifs is 5. The number of allylic oxidation sites excluding steroid dienone is 2. The van der Waals surface area contributed by atoms with Gasteiger partial charge in [-0.1, -0.05) is 25.7 Å². The Morgan fingerprint density at radius 1 is 1.26 bits per heavy atom. The fourth-order valence-electron chi connectivity index (χ4n) is 4.84. The van der Waals surface area contributed by atoms with Gasteiger partial charge in [0.05, 0.1) is 21.3 Å². The summed E-state index contributed by atoms with van der Waals surface area (Å²) in [5, 5.41) is 1.17. The molecule has 0 aromatic rings. The summed E-state index contributed by atoms with van der Waals surface area (Å²) >= 11 is 0. The van der Waals surface area contributed by atoms with Crippen LogP contribution in [-0.2, 0) is 14.3 Å². The lowest BCUT2D eigenvalue weighted by atomic mass is 9.58. The minimum absolute atomic E-state index is 0.263. The highest BCUT2D eigenvalue weighted by Gasteiger charge is 2.69. The minimum atomic E-state index is -1.50. The third-order valence-electron chi connectivity index (χ3n) is 5.60. The molecule has 1 spiro atoms. The summed E-state index contributed by atoms with van der Waals surface area (Å²) in [6.07, 6.45) is 4.39. The number of ketones is 1. The van der Waals surface area contributed by atoms with Gasteiger partial charge in [-0.2, -0.15) is 0 Å². The van der Waals surface area contributed by atoms with E-state index in [0.717, 1.165) is 26.1 Å². The molecule has 1 heterocycles. The summed E-state index contributed by atoms with van der Waals surface area (Å²) < 4.78 is 11.9. The van der Waals surface area contributed by atoms with Crippen LogP contribution in [-0.4, -0.2) is 32.9 Å². The maximum Gasteiger partial charge on any atom is 0.172 e. The van der Waals surface area contributed by atoms with Gasteiger partial charge in [0, 0.05) is 18.3 Å². The van der Waals surface area contributed by atoms with Gasteiger partial charge in [-0.05, 0) is 23.5 Å². The van der Waals surface area contributed by atoms with E-state index in [1.165, 1.54) is 5.20 Å². The number of ether oxygens (including phenoxy) is 2. The van der Waals surface area contributed by atoms with Crippen LogP contribution < -0.4 is 0 Å². The number of hydrogen-bond donors (Lipinski definition) is 0. The summed E-state index contributed by atoms with van der Waals surface area (Å²) in [5.74, 6) is 1.75. The van der Waals surface area contributed by atoms with E-state index in [9.17, 15) is 4.79 Å². The van der Waals surface area contributed by atoms with Crippen molar-refractivity contribution in [1.82, 2.24) is 0 Å². The fraction of sp³-hybridized carbons (Fsp3) is 0.800. The Balaban J connectivity index is 1.68. The summed E-state index contributed by atoms with van der Waals surface area (Å²) in [6, 6.07) is 0. The van der Waals surface area contributed by atoms with Gasteiger partial charge in [-0.15, -0.1) is 0 Å². The zero-order valence-corrected chi connectivity index (χ0v) is 12.9. The van der Waals surface area contributed by atoms with Gasteiger partial charge in [-0.3, -0.25) is 4.79 Å². The second-order valence-electron chi connectivity index (χ2n) is 7.53. The molecule has 104 valence electrons. The lowest BCUT2D eigenvalue weighted by Gasteiger charge is -2.48. The first-order valence-corrected chi connectivity index (χ1v) is 11.0. The molecule has 0 bridgehead atoms. The molecule has 3 fully saturated rings. The third kappa shape index (κ3) is 1.43. The molecule has 0 unspecified atom stereocenters. The molecule has 0 aromatic heterocycles. The van der Waals surface area contributed by atoms with Gasteiger partial charge in [0.15, 0.2) is 11.6 Å². The molecule has 1 aliphatic heterocycles. The van der Waals surface area contributed by atoms with Crippen molar-refractivity contribution < 1.29 is 14.3 Å². The van der Waals surface area contributed by atoms with E-state index in [1.54, 1.807) is 0 Å². The van der Waals surface area contributed by atoms with Crippen molar-refractivity contribution in [2.75, 3.05) is 13.2 Å². The second kappa shape index (κ2) is 3.60. The van der Waals surface area contributed by atoms with Crippen molar-refractivity contribution in [3.63, 3.8) is 0 Å². The Labute approximate surface area is 115 Å². The van der Waals surface area contributed by atoms with Crippen LogP contribution in [0.25, 0.3) is 0 Å². The van der Waals surface area contributed by atoms with E-state index in [-0.39, 0.29) is 11.7 Å². The molecule has 2 saturated carbocycles. The molecule has 0 N–H and O–H groups in total. The van der Waals surface area contributed by atoms with Crippen molar-refractivity contribution >= 4 is 13.9 Å². The first kappa shape index (κ1) is 12.3. The van der Waals surface area contributed by atoms with Gasteiger partial charge in [-0.25, -0.2) is 0 Å². The van der Waals surface area contributed by atoms with Crippen molar-refractivity contribution in [1.29, 1.82) is 0 Å². The monoisotopic (exact) mass is 278 g/mol. The molecule has 0 radical (unpaired) electrons. The molecule has 0 amide bonds. The molecule has 4 aliphatic rings. The molecule has 19 heavy (non-hydrogen) atoms. The highest BCUT2D eigenvalue weighted by Crippen LogP contribution is 2.65. The second-order valence-corrected chi connectivity index (χ2v) is 12.6. The molecule has 4 atom stereocenters. The fourth-order valence-corrected chi connectivity index (χ4v) is 6.44. The van der Waals surface area contributed by atoms with Crippen molar-refractivity contribution in [2.24, 2.45) is 23.7 Å². The lowest BCUT2D eigenvalue weighted by molar-refractivity contribution is -0.221. The summed E-state index contributed by atoms with van der Waals surface area (Å²) in [6.45, 7) is 8.26. The Hall–Kier alpha value is -0.453. The Morgan fingerprint density at radius 3 is 2.58 bits per heavy atom. The number of Topliss-reactive ketones (excluding diaryl/α,β-unsaturated/α-hetero) is 1. The lowest BCUT2D eigenvalue weighted by Crippen LogP contribution is -2.53. The van der Waals surface area contributed by atoms with Gasteiger partial charge in [0.1, 0.15) is 0 Å². The van der Waals surface area contributed by atoms with Crippen molar-refractivity contribution in [3.8, 4) is 0 Å². The molecule has 4 heteroatoms. The van der Waals surface area contributed by atoms with Crippen molar-refractivity contribution in [2.45, 2.75) is 38.3 Å². The number of hydrogen-bond acceptors (Lipinski definition) is 3. The van der Waals surface area contributed by atoms with Gasteiger partial charge < -0.3 is 9.47 Å². The van der Waals surface area contributed by atoms with Crippen LogP contribution in [0.15, 0.2) is 11.3 Å². The maximum absolute atomic E-state index is 12.6. The molecule has 0 aromatic carbocycles. The summed E-state index contributed by atoms with van der Waals surface area (Å²) in [4.78, 5) is 12.6. The maximum atomic E-state index is 12.6. The average Bonchev–Trinajstić information content (AvgIpc) is 2.91. The quantitative estimate of drug-likeness (QED) is 0.691. The summed E-state index contributed by atoms with van der Waals surface area (Å²) in [7, 11) is -1.50. The van der Waals surface area contributed by atoms with Crippen LogP contribution in [0.2, 0.25) is 19.6 Å². The molecule has 4 rings (SSSR count). The van der Waals surface area contributed by atoms with Crippen LogP contribution in [0.1, 0.15) is 12.8 Å². The normalized spacial score (nSPS) is 43.1. The highest BCUT2D eigenvalue weighted by atomic mass is 28.3. The largest absolute Gasteiger partial charge is 0.347 e. The van der Waals surface area contributed by atoms with E-state index in [1.807, 2.05) is 0 Å². The Bertz CT molecular complexity index is 470. The van der Waals surface area contributed by atoms with Crippen LogP contribution in [0.5, 0.6) is 0 Å². The smallest absolute Gasteiger partial charge is 0.172 e. The number of carbonyl (C=O) groups excluding carboxylic acids is 1. The van der Waals surface area contributed by atoms with E-state index in [4.69, 9.17) is 9.47 Å². The van der Waals surface area contributed by atoms with E-state index < -0.39 is 8.07 Å². The van der Waals surface area contributed by atoms with E-state index in [2.05, 4.69) is 25.7 Å². The zero-order chi connectivity index (χ0) is 13.4. The predicted molar refractivity (Wildman–Crippen MR) is 74.3 cm³/mol. The van der Waals surface area contributed by atoms with Gasteiger partial charge in [0.25, 0.3) is 0 Å². The number of rotatable bonds is 1. The predicted octanol–water partition coefficient (Wildman–Crippen LogP) is 2.39. The van der Waals surface area contributed by atoms with Crippen LogP contribution in [0.4, 0.5) is 0 Å². The number of carbonyl (C=O) groups is 1. The van der Waals surface area contributed by atoms with Crippen LogP contribution >= 0.6 is 0 Å². The van der Waals surface area contributed by atoms with Crippen LogP contribution in [0.3, 0.4) is 0 Å². The van der Waals surface area contributed by atoms with Gasteiger partial charge >= 0.3 is 0 Å². The standard InChI is InChI=1S/C15H22O3Si/c1-19(2,3)11-8-10-12(14(11)16)9-4-5-15(13(9)10)17-6-7-18-15/h8-10,12-13H,4-7H2,1-3H3/t9-,10-,12+,13+/m1/s1. The van der Waals surface area contributed by atoms with E-state index in [0.29, 0.717) is 23.5 Å². The first-order chi connectivity index (χ1) is 8.94. The molecule has 3 aliphatic carbocycles. The SMILES string of the molecule is C[Si](C)(C)C1=C[C@@H]2[C@@H](C1=O)[C@H]1CCC3(OCCO3)[C@H]21. The Kier molecular flexibility index (Phi) is 2.33. The average molecular weight is 278 g/mol. The molecular weight excluding hydrogens is 256 g/mol. The Morgan fingerprint density at radius 2 is 1.95 bits per heavy atom. The highest BCUT2D eigenvalue weighted by molar-refractivity contribution is 6.87. The zero-order valence-electron chi connectivity index (χ0n) is 11.9. The molecule has 1 saturated heterocycles. The summed E-state index contributed by atoms with van der Waals surface area (Å²) in [5.41, 5.74) is 0. The van der Waals surface area contributed by atoms with E-state index >= 15 is 0 Å².